The SMILES string of the molecule is CC(C)(C)OC(=O)COCCCCCCCCC(=O)Nc1ccc(C(=O)Nc2ccccc2NC(=O)OC(C)(C)C)cc1. The van der Waals surface area contributed by atoms with Crippen molar-refractivity contribution in [1.29, 1.82) is 0 Å². The Kier molecular flexibility index (Phi) is 14.2. The van der Waals surface area contributed by atoms with Gasteiger partial charge in [0.1, 0.15) is 17.8 Å². The van der Waals surface area contributed by atoms with Gasteiger partial charge in [0.15, 0.2) is 0 Å². The van der Waals surface area contributed by atoms with E-state index in [-0.39, 0.29) is 24.4 Å². The van der Waals surface area contributed by atoms with Crippen LogP contribution >= 0.6 is 0 Å². The van der Waals surface area contributed by atoms with E-state index in [1.165, 1.54) is 0 Å². The standard InChI is InChI=1S/C33H47N3O7/c1-32(2,3)42-29(38)23-41-22-14-10-8-7-9-11-17-28(37)34-25-20-18-24(19-21-25)30(39)35-26-15-12-13-16-27(26)36-31(40)43-33(4,5)6/h12-13,15-16,18-21H,7-11,14,17,22-23H2,1-6H3,(H,34,37)(H,35,39)(H,36,40). The fourth-order valence-corrected chi connectivity index (χ4v) is 3.96. The largest absolute Gasteiger partial charge is 0.458 e. The second-order valence-corrected chi connectivity index (χ2v) is 12.3. The normalized spacial score (nSPS) is 11.4. The molecule has 0 aromatic heterocycles. The van der Waals surface area contributed by atoms with Crippen LogP contribution in [-0.4, -0.2) is 48.3 Å². The zero-order valence-electron chi connectivity index (χ0n) is 26.3. The summed E-state index contributed by atoms with van der Waals surface area (Å²) in [5.74, 6) is -0.777. The summed E-state index contributed by atoms with van der Waals surface area (Å²) in [6.07, 6.45) is 5.51. The summed E-state index contributed by atoms with van der Waals surface area (Å²) in [7, 11) is 0. The molecule has 0 aliphatic rings. The number of carbonyl (C=O) groups excluding carboxylic acids is 4. The Morgan fingerprint density at radius 2 is 1.21 bits per heavy atom. The van der Waals surface area contributed by atoms with Gasteiger partial charge in [-0.15, -0.1) is 0 Å². The number of amides is 3. The molecule has 43 heavy (non-hydrogen) atoms. The second-order valence-electron chi connectivity index (χ2n) is 12.3. The first-order valence-electron chi connectivity index (χ1n) is 14.8. The van der Waals surface area contributed by atoms with Crippen LogP contribution in [0.15, 0.2) is 48.5 Å². The average molecular weight is 598 g/mol. The molecular weight excluding hydrogens is 550 g/mol. The smallest absolute Gasteiger partial charge is 0.412 e. The number of nitrogens with one attached hydrogen (secondary N) is 3. The van der Waals surface area contributed by atoms with E-state index in [1.807, 2.05) is 20.8 Å². The third kappa shape index (κ3) is 15.8. The van der Waals surface area contributed by atoms with Crippen molar-refractivity contribution in [2.24, 2.45) is 0 Å². The number of benzene rings is 2. The molecule has 2 rings (SSSR count). The van der Waals surface area contributed by atoms with Gasteiger partial charge in [-0.2, -0.15) is 0 Å². The van der Waals surface area contributed by atoms with E-state index in [9.17, 15) is 19.2 Å². The predicted molar refractivity (Wildman–Crippen MR) is 168 cm³/mol. The molecule has 10 nitrogen and oxygen atoms in total. The molecule has 236 valence electrons. The number of para-hydroxylation sites is 2. The number of hydrogen-bond donors (Lipinski definition) is 3. The van der Waals surface area contributed by atoms with Crippen molar-refractivity contribution in [3.63, 3.8) is 0 Å². The number of rotatable bonds is 15. The van der Waals surface area contributed by atoms with Gasteiger partial charge in [0.25, 0.3) is 5.91 Å². The first kappa shape index (κ1) is 35.3. The molecule has 3 N–H and O–H groups in total. The minimum atomic E-state index is -0.650. The van der Waals surface area contributed by atoms with E-state index in [0.29, 0.717) is 35.7 Å². The lowest BCUT2D eigenvalue weighted by atomic mass is 10.1. The van der Waals surface area contributed by atoms with E-state index >= 15 is 0 Å². The number of hydrogen-bond acceptors (Lipinski definition) is 7. The highest BCUT2D eigenvalue weighted by Gasteiger charge is 2.18. The van der Waals surface area contributed by atoms with Gasteiger partial charge in [-0.25, -0.2) is 9.59 Å². The van der Waals surface area contributed by atoms with Crippen LogP contribution in [0.5, 0.6) is 0 Å². The highest BCUT2D eigenvalue weighted by Crippen LogP contribution is 2.23. The number of anilines is 3. The minimum absolute atomic E-state index is 0.0219. The Hall–Kier alpha value is -3.92. The van der Waals surface area contributed by atoms with Crippen LogP contribution in [0.2, 0.25) is 0 Å². The summed E-state index contributed by atoms with van der Waals surface area (Å²) in [4.78, 5) is 48.9. The zero-order chi connectivity index (χ0) is 31.9. The molecule has 10 heteroatoms. The predicted octanol–water partition coefficient (Wildman–Crippen LogP) is 7.31. The van der Waals surface area contributed by atoms with Crippen molar-refractivity contribution in [3.8, 4) is 0 Å². The Labute approximate surface area is 255 Å². The average Bonchev–Trinajstić information content (AvgIpc) is 2.89. The lowest BCUT2D eigenvalue weighted by Crippen LogP contribution is -2.27. The lowest BCUT2D eigenvalue weighted by molar-refractivity contribution is -0.160. The summed E-state index contributed by atoms with van der Waals surface area (Å²) in [5, 5.41) is 8.33. The Morgan fingerprint density at radius 1 is 0.651 bits per heavy atom. The lowest BCUT2D eigenvalue weighted by Gasteiger charge is -2.20. The summed E-state index contributed by atoms with van der Waals surface area (Å²) in [6.45, 7) is 11.3. The van der Waals surface area contributed by atoms with E-state index in [2.05, 4.69) is 16.0 Å². The molecule has 3 amide bonds. The van der Waals surface area contributed by atoms with E-state index in [4.69, 9.17) is 14.2 Å². The molecule has 2 aromatic rings. The highest BCUT2D eigenvalue weighted by molar-refractivity contribution is 6.07. The molecule has 0 aliphatic carbocycles. The van der Waals surface area contributed by atoms with Gasteiger partial charge in [-0.05, 0) is 90.8 Å². The third-order valence-corrected chi connectivity index (χ3v) is 5.82. The molecule has 0 atom stereocenters. The van der Waals surface area contributed by atoms with E-state index in [0.717, 1.165) is 38.5 Å². The number of unbranched alkanes of at least 4 members (excludes halogenated alkanes) is 5. The van der Waals surface area contributed by atoms with Crippen molar-refractivity contribution in [2.75, 3.05) is 29.2 Å². The van der Waals surface area contributed by atoms with Crippen LogP contribution in [0.25, 0.3) is 0 Å². The first-order chi connectivity index (χ1) is 20.2. The van der Waals surface area contributed by atoms with Crippen molar-refractivity contribution in [2.45, 2.75) is 97.7 Å². The molecule has 0 bridgehead atoms. The molecule has 0 unspecified atom stereocenters. The van der Waals surface area contributed by atoms with Crippen molar-refractivity contribution in [3.05, 3.63) is 54.1 Å². The van der Waals surface area contributed by atoms with Crippen LogP contribution in [0, 0.1) is 0 Å². The minimum Gasteiger partial charge on any atom is -0.458 e. The number of esters is 1. The van der Waals surface area contributed by atoms with E-state index < -0.39 is 17.3 Å². The summed E-state index contributed by atoms with van der Waals surface area (Å²) in [5.41, 5.74) is 0.712. The van der Waals surface area contributed by atoms with Crippen molar-refractivity contribution < 1.29 is 33.4 Å². The maximum absolute atomic E-state index is 12.8. The molecule has 0 heterocycles. The van der Waals surface area contributed by atoms with Crippen LogP contribution in [-0.2, 0) is 23.8 Å². The maximum atomic E-state index is 12.8. The second kappa shape index (κ2) is 17.3. The zero-order valence-corrected chi connectivity index (χ0v) is 26.3. The van der Waals surface area contributed by atoms with Gasteiger partial charge >= 0.3 is 12.1 Å². The van der Waals surface area contributed by atoms with Crippen LogP contribution in [0.3, 0.4) is 0 Å². The number of carbonyl (C=O) groups is 4. The fourth-order valence-electron chi connectivity index (χ4n) is 3.96. The number of ether oxygens (including phenoxy) is 3. The maximum Gasteiger partial charge on any atom is 0.412 e. The van der Waals surface area contributed by atoms with Gasteiger partial charge in [-0.1, -0.05) is 37.8 Å². The molecule has 0 fully saturated rings. The monoisotopic (exact) mass is 597 g/mol. The highest BCUT2D eigenvalue weighted by atomic mass is 16.6. The van der Waals surface area contributed by atoms with Gasteiger partial charge < -0.3 is 24.8 Å². The summed E-state index contributed by atoms with van der Waals surface area (Å²) in [6, 6.07) is 13.5. The van der Waals surface area contributed by atoms with Crippen LogP contribution in [0.4, 0.5) is 21.9 Å². The van der Waals surface area contributed by atoms with Crippen molar-refractivity contribution in [1.82, 2.24) is 0 Å². The molecule has 2 aromatic carbocycles. The first-order valence-corrected chi connectivity index (χ1v) is 14.8. The summed E-state index contributed by atoms with van der Waals surface area (Å²) >= 11 is 0. The molecule has 0 saturated carbocycles. The van der Waals surface area contributed by atoms with E-state index in [1.54, 1.807) is 69.3 Å². The van der Waals surface area contributed by atoms with Crippen molar-refractivity contribution >= 4 is 40.9 Å². The molecular formula is C33H47N3O7. The van der Waals surface area contributed by atoms with Gasteiger partial charge in [-0.3, -0.25) is 14.9 Å². The third-order valence-electron chi connectivity index (χ3n) is 5.82. The van der Waals surface area contributed by atoms with Gasteiger partial charge in [0.05, 0.1) is 11.4 Å². The Morgan fingerprint density at radius 3 is 1.81 bits per heavy atom. The molecule has 0 radical (unpaired) electrons. The van der Waals surface area contributed by atoms with Gasteiger partial charge in [0.2, 0.25) is 5.91 Å². The molecule has 0 spiro atoms. The summed E-state index contributed by atoms with van der Waals surface area (Å²) < 4.78 is 15.9. The molecule has 0 aliphatic heterocycles. The quantitative estimate of drug-likeness (QED) is 0.145. The Balaban J connectivity index is 1.65. The van der Waals surface area contributed by atoms with Crippen LogP contribution in [0.1, 0.15) is 96.8 Å². The topological polar surface area (TPSA) is 132 Å². The van der Waals surface area contributed by atoms with Crippen LogP contribution < -0.4 is 16.0 Å². The fraction of sp³-hybridized carbons (Fsp3) is 0.515. The Bertz CT molecular complexity index is 1200. The van der Waals surface area contributed by atoms with Gasteiger partial charge in [0, 0.05) is 24.3 Å². The molecule has 0 saturated heterocycles.